The summed E-state index contributed by atoms with van der Waals surface area (Å²) < 4.78 is 39.5. The van der Waals surface area contributed by atoms with Crippen LogP contribution in [0.2, 0.25) is 0 Å². The van der Waals surface area contributed by atoms with E-state index in [2.05, 4.69) is 36.2 Å². The van der Waals surface area contributed by atoms with Gasteiger partial charge in [-0.2, -0.15) is 13.2 Å². The minimum absolute atomic E-state index is 0.376. The lowest BCUT2D eigenvalue weighted by Crippen LogP contribution is -2.12. The van der Waals surface area contributed by atoms with Crippen molar-refractivity contribution in [1.82, 2.24) is 15.0 Å². The van der Waals surface area contributed by atoms with E-state index in [4.69, 9.17) is 0 Å². The van der Waals surface area contributed by atoms with Crippen LogP contribution >= 0.6 is 15.9 Å². The summed E-state index contributed by atoms with van der Waals surface area (Å²) in [7, 11) is 0. The number of nitrogens with zero attached hydrogens (tertiary/aromatic N) is 3. The summed E-state index contributed by atoms with van der Waals surface area (Å²) in [4.78, 5) is 12.9. The molecule has 130 valence electrons. The predicted molar refractivity (Wildman–Crippen MR) is 93.3 cm³/mol. The van der Waals surface area contributed by atoms with E-state index in [1.165, 1.54) is 6.07 Å². The molecule has 0 amide bonds. The SMILES string of the molecule is Cc1nc(NC(C)c2cccc(C(F)(F)F)c2)c2cc(Br)cnc2n1. The second-order valence-electron chi connectivity index (χ2n) is 5.63. The van der Waals surface area contributed by atoms with Gasteiger partial charge in [0, 0.05) is 16.7 Å². The van der Waals surface area contributed by atoms with Crippen LogP contribution in [0, 0.1) is 6.92 Å². The lowest BCUT2D eigenvalue weighted by Gasteiger charge is -2.18. The van der Waals surface area contributed by atoms with Crippen molar-refractivity contribution in [2.24, 2.45) is 0 Å². The standard InChI is InChI=1S/C17H14BrF3N4/c1-9(11-4-3-5-12(6-11)17(19,20)21)23-16-14-7-13(18)8-22-15(14)24-10(2)25-16/h3-9H,1-2H3,(H,22,23,24,25). The number of halogens is 4. The van der Waals surface area contributed by atoms with Gasteiger partial charge in [0.1, 0.15) is 11.6 Å². The Morgan fingerprint density at radius 3 is 2.64 bits per heavy atom. The molecule has 2 heterocycles. The topological polar surface area (TPSA) is 50.7 Å². The van der Waals surface area contributed by atoms with E-state index in [0.29, 0.717) is 28.2 Å². The molecule has 0 aliphatic carbocycles. The Balaban J connectivity index is 1.97. The highest BCUT2D eigenvalue weighted by molar-refractivity contribution is 9.10. The van der Waals surface area contributed by atoms with E-state index in [-0.39, 0.29) is 6.04 Å². The summed E-state index contributed by atoms with van der Waals surface area (Å²) in [5.41, 5.74) is 0.364. The van der Waals surface area contributed by atoms with Crippen LogP contribution in [0.5, 0.6) is 0 Å². The maximum atomic E-state index is 12.9. The first kappa shape index (κ1) is 17.6. The molecule has 0 saturated heterocycles. The van der Waals surface area contributed by atoms with Crippen LogP contribution in [0.4, 0.5) is 19.0 Å². The third kappa shape index (κ3) is 3.89. The first-order chi connectivity index (χ1) is 11.7. The average Bonchev–Trinajstić information content (AvgIpc) is 2.55. The monoisotopic (exact) mass is 410 g/mol. The van der Waals surface area contributed by atoms with Crippen molar-refractivity contribution in [3.05, 3.63) is 58.0 Å². The molecular formula is C17H14BrF3N4. The number of aryl methyl sites for hydroxylation is 1. The molecule has 0 radical (unpaired) electrons. The molecule has 0 fully saturated rings. The van der Waals surface area contributed by atoms with Crippen molar-refractivity contribution >= 4 is 32.8 Å². The highest BCUT2D eigenvalue weighted by atomic mass is 79.9. The van der Waals surface area contributed by atoms with Crippen LogP contribution in [0.25, 0.3) is 11.0 Å². The van der Waals surface area contributed by atoms with Crippen LogP contribution in [-0.2, 0) is 6.18 Å². The molecule has 8 heteroatoms. The van der Waals surface area contributed by atoms with Crippen LogP contribution in [0.3, 0.4) is 0 Å². The maximum absolute atomic E-state index is 12.9. The predicted octanol–water partition coefficient (Wildman–Crippen LogP) is 5.29. The molecule has 1 unspecified atom stereocenters. The lowest BCUT2D eigenvalue weighted by molar-refractivity contribution is -0.137. The lowest BCUT2D eigenvalue weighted by atomic mass is 10.0. The fourth-order valence-corrected chi connectivity index (χ4v) is 2.81. The van der Waals surface area contributed by atoms with E-state index in [1.54, 1.807) is 26.1 Å². The first-order valence-corrected chi connectivity index (χ1v) is 8.27. The number of pyridine rings is 1. The molecule has 0 aliphatic heterocycles. The van der Waals surface area contributed by atoms with Crippen molar-refractivity contribution in [2.45, 2.75) is 26.1 Å². The molecule has 0 spiro atoms. The summed E-state index contributed by atoms with van der Waals surface area (Å²) in [6.45, 7) is 3.52. The normalized spacial score (nSPS) is 13.0. The summed E-state index contributed by atoms with van der Waals surface area (Å²) in [5, 5.41) is 3.86. The molecule has 3 aromatic rings. The Kier molecular flexibility index (Phi) is 4.64. The van der Waals surface area contributed by atoms with Gasteiger partial charge in [0.05, 0.1) is 10.9 Å². The van der Waals surface area contributed by atoms with Gasteiger partial charge in [-0.3, -0.25) is 0 Å². The van der Waals surface area contributed by atoms with Gasteiger partial charge in [0.2, 0.25) is 0 Å². The Bertz CT molecular complexity index is 927. The summed E-state index contributed by atoms with van der Waals surface area (Å²) >= 11 is 3.36. The number of aromatic nitrogens is 3. The average molecular weight is 411 g/mol. The Morgan fingerprint density at radius 2 is 1.92 bits per heavy atom. The van der Waals surface area contributed by atoms with Crippen molar-refractivity contribution in [3.63, 3.8) is 0 Å². The number of rotatable bonds is 3. The molecule has 0 aliphatic rings. The molecule has 1 aromatic carbocycles. The van der Waals surface area contributed by atoms with E-state index in [0.717, 1.165) is 16.6 Å². The van der Waals surface area contributed by atoms with Gasteiger partial charge in [-0.25, -0.2) is 15.0 Å². The van der Waals surface area contributed by atoms with Gasteiger partial charge in [-0.15, -0.1) is 0 Å². The molecule has 3 rings (SSSR count). The molecule has 2 aromatic heterocycles. The summed E-state index contributed by atoms with van der Waals surface area (Å²) in [6, 6.07) is 6.69. The Morgan fingerprint density at radius 1 is 1.16 bits per heavy atom. The van der Waals surface area contributed by atoms with Crippen LogP contribution < -0.4 is 5.32 Å². The van der Waals surface area contributed by atoms with Gasteiger partial charge in [0.15, 0.2) is 5.65 Å². The number of benzene rings is 1. The van der Waals surface area contributed by atoms with E-state index in [9.17, 15) is 13.2 Å². The maximum Gasteiger partial charge on any atom is 0.416 e. The Hall–Kier alpha value is -2.22. The second-order valence-corrected chi connectivity index (χ2v) is 6.55. The van der Waals surface area contributed by atoms with Crippen molar-refractivity contribution in [3.8, 4) is 0 Å². The highest BCUT2D eigenvalue weighted by Crippen LogP contribution is 2.32. The van der Waals surface area contributed by atoms with Crippen LogP contribution in [0.1, 0.15) is 29.9 Å². The molecule has 4 nitrogen and oxygen atoms in total. The largest absolute Gasteiger partial charge is 0.416 e. The molecule has 1 atom stereocenters. The van der Waals surface area contributed by atoms with E-state index >= 15 is 0 Å². The molecule has 25 heavy (non-hydrogen) atoms. The van der Waals surface area contributed by atoms with Gasteiger partial charge in [0.25, 0.3) is 0 Å². The summed E-state index contributed by atoms with van der Waals surface area (Å²) in [6.07, 6.45) is -2.74. The van der Waals surface area contributed by atoms with Crippen LogP contribution in [0.15, 0.2) is 41.0 Å². The minimum Gasteiger partial charge on any atom is -0.363 e. The molecule has 0 bridgehead atoms. The van der Waals surface area contributed by atoms with Crippen molar-refractivity contribution < 1.29 is 13.2 Å². The molecule has 1 N–H and O–H groups in total. The number of fused-ring (bicyclic) bond motifs is 1. The second kappa shape index (κ2) is 6.59. The number of anilines is 1. The number of hydrogen-bond donors (Lipinski definition) is 1. The van der Waals surface area contributed by atoms with E-state index in [1.807, 2.05) is 6.07 Å². The third-order valence-corrected chi connectivity index (χ3v) is 4.13. The number of alkyl halides is 3. The van der Waals surface area contributed by atoms with Gasteiger partial charge >= 0.3 is 6.18 Å². The first-order valence-electron chi connectivity index (χ1n) is 7.47. The highest BCUT2D eigenvalue weighted by Gasteiger charge is 2.30. The number of nitrogens with one attached hydrogen (secondary N) is 1. The zero-order chi connectivity index (χ0) is 18.2. The quantitative estimate of drug-likeness (QED) is 0.637. The van der Waals surface area contributed by atoms with Crippen LogP contribution in [-0.4, -0.2) is 15.0 Å². The van der Waals surface area contributed by atoms with Gasteiger partial charge in [-0.1, -0.05) is 12.1 Å². The third-order valence-electron chi connectivity index (χ3n) is 3.70. The van der Waals surface area contributed by atoms with Crippen molar-refractivity contribution in [2.75, 3.05) is 5.32 Å². The number of hydrogen-bond acceptors (Lipinski definition) is 4. The fraction of sp³-hybridized carbons (Fsp3) is 0.235. The van der Waals surface area contributed by atoms with Gasteiger partial charge < -0.3 is 5.32 Å². The Labute approximate surface area is 150 Å². The zero-order valence-corrected chi connectivity index (χ0v) is 15.0. The minimum atomic E-state index is -4.37. The summed E-state index contributed by atoms with van der Waals surface area (Å²) in [5.74, 6) is 1.06. The molecular weight excluding hydrogens is 397 g/mol. The zero-order valence-electron chi connectivity index (χ0n) is 13.4. The van der Waals surface area contributed by atoms with E-state index < -0.39 is 11.7 Å². The smallest absolute Gasteiger partial charge is 0.363 e. The van der Waals surface area contributed by atoms with Crippen molar-refractivity contribution in [1.29, 1.82) is 0 Å². The van der Waals surface area contributed by atoms with Gasteiger partial charge in [-0.05, 0) is 53.5 Å². The fourth-order valence-electron chi connectivity index (χ4n) is 2.48. The molecule has 0 saturated carbocycles.